The summed E-state index contributed by atoms with van der Waals surface area (Å²) in [5.41, 5.74) is 36.9. The Morgan fingerprint density at radius 3 is 0.967 bits per heavy atom. The van der Waals surface area contributed by atoms with Crippen molar-refractivity contribution in [2.24, 2.45) is 0 Å². The van der Waals surface area contributed by atoms with E-state index in [4.69, 9.17) is 44.8 Å². The van der Waals surface area contributed by atoms with E-state index in [1.54, 1.807) is 55.8 Å². The number of ether oxygens (including phenoxy) is 7. The third-order valence-electron chi connectivity index (χ3n) is 30.4. The number of nitrogens with one attached hydrogen (secondary N) is 14. The zero-order chi connectivity index (χ0) is 102. The van der Waals surface area contributed by atoms with Crippen LogP contribution in [0.1, 0.15) is 166 Å². The Kier molecular flexibility index (Phi) is 29.5. The van der Waals surface area contributed by atoms with Gasteiger partial charge >= 0.3 is 0 Å². The molecule has 760 valence electrons. The van der Waals surface area contributed by atoms with Gasteiger partial charge in [0.15, 0.2) is 11.5 Å². The number of para-hydroxylation sites is 1. The molecule has 7 aliphatic rings. The molecule has 8 aromatic heterocycles. The highest BCUT2D eigenvalue weighted by molar-refractivity contribution is 6.31. The molecule has 7 aliphatic heterocycles. The normalized spacial score (nSPS) is 17.6. The lowest BCUT2D eigenvalue weighted by Crippen LogP contribution is -2.30. The van der Waals surface area contributed by atoms with Crippen molar-refractivity contribution in [3.63, 3.8) is 0 Å². The van der Waals surface area contributed by atoms with Crippen molar-refractivity contribution < 1.29 is 38.3 Å². The first-order valence-corrected chi connectivity index (χ1v) is 52.2. The van der Waals surface area contributed by atoms with Gasteiger partial charge in [0.1, 0.15) is 34.5 Å². The molecule has 28 rings (SSSR count). The number of nitrogens with zero attached hydrogens (tertiary/aromatic N) is 1. The van der Waals surface area contributed by atoms with Gasteiger partial charge in [0.05, 0.1) is 92.1 Å². The SMILES string of the molecule is COc1ccc(C2NCCc3c2[nH]c2ccc(Cl)cc32)cc1OC.COc1ccc(C2NCCc3c2[nH]c2ccc(OC)cc32)cc1.COc1ccc2[nH]c3c(c2c1)CCNC3c1ccccc1.COc1ccc2[nH]c3c(c2c1)CCNC3c1cccnc1.COc1ccc2c3c([nH]c2c1)C(c1ccccc1)NCC3.Cc1cccc2c3c([nH]c12)C(c1ccccc1)NCC3.Oc1ccc2[nH]c3c(c2c1)CCNC3c1ccccc1. The Balaban J connectivity index is 0.0000000990. The number of hydrogen-bond donors (Lipinski definition) is 15. The number of H-pyrrole nitrogens is 7. The number of aryl methyl sites for hydroxylation is 1. The molecule has 0 saturated heterocycles. The van der Waals surface area contributed by atoms with Gasteiger partial charge in [-0.25, -0.2) is 0 Å². The summed E-state index contributed by atoms with van der Waals surface area (Å²) in [6.45, 7) is 9.02. The summed E-state index contributed by atoms with van der Waals surface area (Å²) in [5.74, 6) is 6.30. The Morgan fingerprint density at radius 2 is 0.567 bits per heavy atom. The van der Waals surface area contributed by atoms with Crippen LogP contribution in [0.5, 0.6) is 46.0 Å². The monoisotopic (exact) mass is 2010 g/mol. The maximum Gasteiger partial charge on any atom is 0.161 e. The van der Waals surface area contributed by atoms with Gasteiger partial charge in [-0.3, -0.25) is 4.98 Å². The van der Waals surface area contributed by atoms with Crippen LogP contribution in [0.2, 0.25) is 5.02 Å². The van der Waals surface area contributed by atoms with E-state index in [1.807, 2.05) is 103 Å². The second-order valence-electron chi connectivity index (χ2n) is 39.0. The third-order valence-corrected chi connectivity index (χ3v) is 30.7. The number of aromatic nitrogens is 8. The number of aromatic hydroxyl groups is 1. The molecule has 23 nitrogen and oxygen atoms in total. The molecule has 7 unspecified atom stereocenters. The second-order valence-corrected chi connectivity index (χ2v) is 39.4. The van der Waals surface area contributed by atoms with E-state index in [1.165, 1.54) is 167 Å². The minimum absolute atomic E-state index is 0.0970. The van der Waals surface area contributed by atoms with Crippen LogP contribution in [0, 0.1) is 6.92 Å². The molecule has 0 saturated carbocycles. The van der Waals surface area contributed by atoms with Crippen LogP contribution >= 0.6 is 11.6 Å². The lowest BCUT2D eigenvalue weighted by Gasteiger charge is -2.25. The predicted octanol–water partition coefficient (Wildman–Crippen LogP) is 23.9. The topological polar surface area (TPSA) is 292 Å². The predicted molar refractivity (Wildman–Crippen MR) is 603 cm³/mol. The number of methoxy groups -OCH3 is 7. The van der Waals surface area contributed by atoms with Crippen LogP contribution in [0.4, 0.5) is 0 Å². The molecule has 0 aliphatic carbocycles. The number of phenolic OH excluding ortho intramolecular Hbond substituents is 1. The highest BCUT2D eigenvalue weighted by atomic mass is 35.5. The number of hydrogen-bond acceptors (Lipinski definition) is 16. The molecule has 0 radical (unpaired) electrons. The number of benzene rings is 13. The summed E-state index contributed by atoms with van der Waals surface area (Å²) >= 11 is 6.18. The van der Waals surface area contributed by atoms with Gasteiger partial charge < -0.3 is 110 Å². The molecule has 15 N–H and O–H groups in total. The van der Waals surface area contributed by atoms with E-state index in [9.17, 15) is 5.11 Å². The van der Waals surface area contributed by atoms with Crippen molar-refractivity contribution in [1.29, 1.82) is 0 Å². The summed E-state index contributed by atoms with van der Waals surface area (Å²) in [4.78, 5) is 29.4. The molecule has 21 aromatic rings. The van der Waals surface area contributed by atoms with E-state index < -0.39 is 0 Å². The summed E-state index contributed by atoms with van der Waals surface area (Å²) in [7, 11) is 11.8. The van der Waals surface area contributed by atoms with Crippen LogP contribution in [-0.2, 0) is 44.9 Å². The van der Waals surface area contributed by atoms with Gasteiger partial charge in [-0.2, -0.15) is 0 Å². The summed E-state index contributed by atoms with van der Waals surface area (Å²) in [6, 6.07) is 105. The fourth-order valence-electron chi connectivity index (χ4n) is 23.1. The lowest BCUT2D eigenvalue weighted by molar-refractivity contribution is 0.354. The first kappa shape index (κ1) is 98.9. The maximum absolute atomic E-state index is 9.70. The molecule has 15 heterocycles. The van der Waals surface area contributed by atoms with Crippen LogP contribution in [0.25, 0.3) is 76.3 Å². The second kappa shape index (κ2) is 44.7. The molecular formula is C126H126ClN15O8. The minimum Gasteiger partial charge on any atom is -0.508 e. The Morgan fingerprint density at radius 1 is 0.247 bits per heavy atom. The fourth-order valence-corrected chi connectivity index (χ4v) is 23.3. The zero-order valence-corrected chi connectivity index (χ0v) is 86.3. The standard InChI is InChI=1S/C19H19ClN2O2.C19H20N2O2.2C18H18N2O.C18H18N2.C17H17N3O.C17H16N2O/c1-23-16-6-3-11(9-17(16)24-2)18-19-13(7-8-21-18)14-10-12(20)4-5-15(14)22-19;1-22-13-5-3-12(4-6-13)18-19-15(9-10-20-18)16-11-14(23-2)7-8-17(16)21-19;1-21-13-7-8-16-15(11-13)14-9-10-19-17(18(14)20-16)12-5-3-2-4-6-12;1-21-13-7-8-14-15-9-10-19-17(12-5-3-2-4-6-12)18(15)20-16(14)11-13;1-12-6-5-9-14-15-10-11-19-17(18(15)20-16(12)14)13-7-3-2-4-8-13;1-21-12-4-5-15-14(9-12)13-6-8-19-16(17(13)20-15)11-3-2-7-18-10-11;20-12-6-7-15-14(10-12)13-8-9-18-16(17(13)19-15)11-4-2-1-3-5-11/h3-6,9-10,18,21-22H,7-8H2,1-2H3;3-8,11,18,20-21H,9-10H2,1-2H3;2*2-8,11,17,19-20H,9-10H2,1H3;2-9,17,19-20H,10-11H2,1H3;2-5,7,9-10,16,19-20H,6,8H2,1H3;1-7,10,16,18-20H,8-9H2. The highest BCUT2D eigenvalue weighted by Gasteiger charge is 2.34. The van der Waals surface area contributed by atoms with Crippen molar-refractivity contribution in [3.8, 4) is 46.0 Å². The number of fused-ring (bicyclic) bond motifs is 21. The average Bonchev–Trinajstić information content (AvgIpc) is 1.65. The first-order valence-electron chi connectivity index (χ1n) is 51.8. The van der Waals surface area contributed by atoms with Gasteiger partial charge in [-0.1, -0.05) is 175 Å². The molecule has 7 atom stereocenters. The molecule has 24 heteroatoms. The van der Waals surface area contributed by atoms with E-state index in [0.717, 1.165) is 169 Å². The van der Waals surface area contributed by atoms with Crippen molar-refractivity contribution in [2.75, 3.05) is 95.6 Å². The van der Waals surface area contributed by atoms with Crippen LogP contribution in [0.3, 0.4) is 0 Å². The van der Waals surface area contributed by atoms with E-state index in [2.05, 4.69) is 290 Å². The molecular weight excluding hydrogens is 1890 g/mol. The summed E-state index contributed by atoms with van der Waals surface area (Å²) < 4.78 is 37.5. The van der Waals surface area contributed by atoms with Crippen molar-refractivity contribution in [1.82, 2.24) is 77.1 Å². The van der Waals surface area contributed by atoms with E-state index in [0.29, 0.717) is 5.75 Å². The smallest absolute Gasteiger partial charge is 0.161 e. The van der Waals surface area contributed by atoms with Gasteiger partial charge in [0, 0.05) is 185 Å². The fraction of sp³-hybridized carbons (Fsp3) is 0.230. The Hall–Kier alpha value is -15.8. The van der Waals surface area contributed by atoms with Gasteiger partial charge in [-0.15, -0.1) is 0 Å². The highest BCUT2D eigenvalue weighted by Crippen LogP contribution is 2.45. The molecule has 0 amide bonds. The molecule has 0 bridgehead atoms. The average molecular weight is 2010 g/mol. The van der Waals surface area contributed by atoms with Crippen LogP contribution in [-0.4, -0.2) is 141 Å². The lowest BCUT2D eigenvalue weighted by atomic mass is 9.94. The zero-order valence-electron chi connectivity index (χ0n) is 85.6. The number of halogens is 1. The van der Waals surface area contributed by atoms with Crippen LogP contribution in [0.15, 0.2) is 316 Å². The number of pyridine rings is 1. The maximum atomic E-state index is 9.70. The quantitative estimate of drug-likeness (QED) is 0.0481. The summed E-state index contributed by atoms with van der Waals surface area (Å²) in [5, 5.41) is 44.6. The number of aromatic amines is 7. The van der Waals surface area contributed by atoms with Crippen LogP contribution < -0.4 is 70.4 Å². The summed E-state index contributed by atoms with van der Waals surface area (Å²) in [6.07, 6.45) is 11.0. The number of phenols is 1. The van der Waals surface area contributed by atoms with Gasteiger partial charge in [-0.05, 0) is 269 Å². The molecule has 13 aromatic carbocycles. The van der Waals surface area contributed by atoms with Gasteiger partial charge in [0.25, 0.3) is 0 Å². The third kappa shape index (κ3) is 20.3. The van der Waals surface area contributed by atoms with E-state index in [-0.39, 0.29) is 42.3 Å². The minimum atomic E-state index is 0.0970. The molecule has 150 heavy (non-hydrogen) atoms. The molecule has 0 fully saturated rings. The Bertz CT molecular complexity index is 8110. The van der Waals surface area contributed by atoms with Crippen molar-refractivity contribution >= 4 is 87.9 Å². The molecule has 0 spiro atoms. The Labute approximate surface area is 877 Å². The first-order chi connectivity index (χ1) is 73.8. The largest absolute Gasteiger partial charge is 0.508 e. The van der Waals surface area contributed by atoms with Crippen molar-refractivity contribution in [3.05, 3.63) is 444 Å². The van der Waals surface area contributed by atoms with Crippen molar-refractivity contribution in [2.45, 2.75) is 94.2 Å². The van der Waals surface area contributed by atoms with E-state index >= 15 is 0 Å². The van der Waals surface area contributed by atoms with Gasteiger partial charge in [0.2, 0.25) is 0 Å². The number of rotatable bonds is 14.